The zero-order chi connectivity index (χ0) is 19.9. The highest BCUT2D eigenvalue weighted by Gasteiger charge is 2.58. The van der Waals surface area contributed by atoms with Gasteiger partial charge in [0.25, 0.3) is 0 Å². The van der Waals surface area contributed by atoms with Gasteiger partial charge in [0.15, 0.2) is 5.96 Å². The minimum absolute atomic E-state index is 0. The molecule has 1 heterocycles. The Labute approximate surface area is 191 Å². The Morgan fingerprint density at radius 1 is 1.10 bits per heavy atom. The van der Waals surface area contributed by atoms with Crippen molar-refractivity contribution in [2.75, 3.05) is 26.7 Å². The quantitative estimate of drug-likeness (QED) is 0.188. The van der Waals surface area contributed by atoms with E-state index in [0.717, 1.165) is 24.8 Å². The SMILES string of the molecule is CN=C(NCCN1C(=O)C2C3C=CC(C3)C2C1=O)NCC(C)(C)C1CCCC1.I. The van der Waals surface area contributed by atoms with E-state index >= 15 is 0 Å². The van der Waals surface area contributed by atoms with Crippen LogP contribution in [0.15, 0.2) is 17.1 Å². The Balaban J connectivity index is 0.00000240. The summed E-state index contributed by atoms with van der Waals surface area (Å²) in [6, 6.07) is 0. The summed E-state index contributed by atoms with van der Waals surface area (Å²) < 4.78 is 0. The third-order valence-electron chi connectivity index (χ3n) is 7.58. The fraction of sp³-hybridized carbons (Fsp3) is 0.773. The third kappa shape index (κ3) is 4.21. The van der Waals surface area contributed by atoms with Crippen molar-refractivity contribution in [1.82, 2.24) is 15.5 Å². The molecule has 0 radical (unpaired) electrons. The Bertz CT molecular complexity index is 669. The first-order chi connectivity index (χ1) is 13.4. The van der Waals surface area contributed by atoms with Gasteiger partial charge in [0.1, 0.15) is 0 Å². The Hall–Kier alpha value is -1.12. The second-order valence-electron chi connectivity index (χ2n) is 9.65. The van der Waals surface area contributed by atoms with E-state index in [0.29, 0.717) is 13.1 Å². The normalized spacial score (nSPS) is 31.4. The lowest BCUT2D eigenvalue weighted by Gasteiger charge is -2.32. The van der Waals surface area contributed by atoms with Crippen LogP contribution in [0.5, 0.6) is 0 Å². The van der Waals surface area contributed by atoms with E-state index in [-0.39, 0.29) is 64.9 Å². The van der Waals surface area contributed by atoms with Crippen molar-refractivity contribution < 1.29 is 9.59 Å². The largest absolute Gasteiger partial charge is 0.356 e. The number of imide groups is 1. The van der Waals surface area contributed by atoms with E-state index < -0.39 is 0 Å². The zero-order valence-corrected chi connectivity index (χ0v) is 20.1. The summed E-state index contributed by atoms with van der Waals surface area (Å²) in [5.41, 5.74) is 0.235. The minimum atomic E-state index is -0.104. The van der Waals surface area contributed by atoms with Crippen molar-refractivity contribution in [3.63, 3.8) is 0 Å². The first-order valence-electron chi connectivity index (χ1n) is 10.9. The molecule has 3 fully saturated rings. The number of fused-ring (bicyclic) bond motifs is 5. The van der Waals surface area contributed by atoms with Gasteiger partial charge in [0.05, 0.1) is 11.8 Å². The van der Waals surface area contributed by atoms with Crippen molar-refractivity contribution in [1.29, 1.82) is 0 Å². The molecule has 7 heteroatoms. The Morgan fingerprint density at radius 2 is 1.69 bits per heavy atom. The van der Waals surface area contributed by atoms with Crippen molar-refractivity contribution in [3.05, 3.63) is 12.2 Å². The van der Waals surface area contributed by atoms with Gasteiger partial charge >= 0.3 is 0 Å². The van der Waals surface area contributed by atoms with E-state index in [1.165, 1.54) is 30.6 Å². The molecule has 6 nitrogen and oxygen atoms in total. The maximum atomic E-state index is 12.7. The average Bonchev–Trinajstić information content (AvgIpc) is 3.45. The predicted molar refractivity (Wildman–Crippen MR) is 125 cm³/mol. The topological polar surface area (TPSA) is 73.8 Å². The number of halogens is 1. The zero-order valence-electron chi connectivity index (χ0n) is 17.8. The van der Waals surface area contributed by atoms with Crippen LogP contribution in [0.3, 0.4) is 0 Å². The fourth-order valence-electron chi connectivity index (χ4n) is 5.85. The van der Waals surface area contributed by atoms with Crippen LogP contribution in [0.25, 0.3) is 0 Å². The van der Waals surface area contributed by atoms with Crippen LogP contribution in [0.2, 0.25) is 0 Å². The summed E-state index contributed by atoms with van der Waals surface area (Å²) in [5.74, 6) is 1.90. The van der Waals surface area contributed by atoms with Gasteiger partial charge in [-0.05, 0) is 42.4 Å². The van der Waals surface area contributed by atoms with E-state index in [2.05, 4.69) is 41.6 Å². The van der Waals surface area contributed by atoms with Crippen LogP contribution < -0.4 is 10.6 Å². The molecule has 4 aliphatic rings. The molecule has 1 aliphatic heterocycles. The van der Waals surface area contributed by atoms with Crippen LogP contribution in [-0.4, -0.2) is 49.4 Å². The van der Waals surface area contributed by atoms with Crippen molar-refractivity contribution in [3.8, 4) is 0 Å². The summed E-state index contributed by atoms with van der Waals surface area (Å²) in [5, 5.41) is 6.72. The predicted octanol–water partition coefficient (Wildman–Crippen LogP) is 2.79. The molecule has 3 aliphatic carbocycles. The number of likely N-dealkylation sites (tertiary alicyclic amines) is 1. The van der Waals surface area contributed by atoms with Crippen molar-refractivity contribution >= 4 is 41.8 Å². The van der Waals surface area contributed by atoms with Crippen LogP contribution in [0, 0.1) is 35.0 Å². The summed E-state index contributed by atoms with van der Waals surface area (Å²) in [6.45, 7) is 6.47. The molecular weight excluding hydrogens is 479 g/mol. The maximum Gasteiger partial charge on any atom is 0.233 e. The van der Waals surface area contributed by atoms with Crippen molar-refractivity contribution in [2.24, 2.45) is 40.0 Å². The van der Waals surface area contributed by atoms with Gasteiger partial charge in [0.2, 0.25) is 11.8 Å². The molecule has 2 saturated carbocycles. The van der Waals surface area contributed by atoms with Gasteiger partial charge in [-0.15, -0.1) is 24.0 Å². The highest BCUT2D eigenvalue weighted by atomic mass is 127. The average molecular weight is 514 g/mol. The number of aliphatic imine (C=N–C) groups is 1. The summed E-state index contributed by atoms with van der Waals surface area (Å²) >= 11 is 0. The molecule has 162 valence electrons. The molecule has 29 heavy (non-hydrogen) atoms. The first kappa shape index (κ1) is 22.6. The standard InChI is InChI=1S/C22H34N4O2.HI/c1-22(2,16-6-4-5-7-16)13-25-21(23-3)24-10-11-26-19(27)17-14-8-9-15(12-14)18(17)20(26)28;/h8-9,14-18H,4-7,10-13H2,1-3H3,(H2,23,24,25);1H. The van der Waals surface area contributed by atoms with Crippen LogP contribution >= 0.6 is 24.0 Å². The summed E-state index contributed by atoms with van der Waals surface area (Å²) in [6.07, 6.45) is 10.6. The van der Waals surface area contributed by atoms with Crippen molar-refractivity contribution in [2.45, 2.75) is 46.0 Å². The van der Waals surface area contributed by atoms with Gasteiger partial charge in [-0.2, -0.15) is 0 Å². The molecular formula is C22H35IN4O2. The lowest BCUT2D eigenvalue weighted by atomic mass is 9.78. The molecule has 0 aromatic rings. The summed E-state index contributed by atoms with van der Waals surface area (Å²) in [4.78, 5) is 31.3. The number of carbonyl (C=O) groups excluding carboxylic acids is 2. The smallest absolute Gasteiger partial charge is 0.233 e. The van der Waals surface area contributed by atoms with E-state index in [9.17, 15) is 9.59 Å². The molecule has 4 atom stereocenters. The second kappa shape index (κ2) is 8.94. The lowest BCUT2D eigenvalue weighted by Crippen LogP contribution is -2.46. The van der Waals surface area contributed by atoms with Gasteiger partial charge in [0, 0.05) is 26.7 Å². The first-order valence-corrected chi connectivity index (χ1v) is 10.9. The molecule has 0 spiro atoms. The van der Waals surface area contributed by atoms with Gasteiger partial charge in [-0.25, -0.2) is 0 Å². The number of nitrogens with one attached hydrogen (secondary N) is 2. The molecule has 4 unspecified atom stereocenters. The van der Waals surface area contributed by atoms with Gasteiger partial charge in [-0.3, -0.25) is 19.5 Å². The van der Waals surface area contributed by atoms with Gasteiger partial charge in [-0.1, -0.05) is 38.8 Å². The highest BCUT2D eigenvalue weighted by Crippen LogP contribution is 2.52. The molecule has 1 saturated heterocycles. The Kier molecular flexibility index (Phi) is 6.95. The Morgan fingerprint density at radius 3 is 2.24 bits per heavy atom. The van der Waals surface area contributed by atoms with E-state index in [1.54, 1.807) is 7.05 Å². The van der Waals surface area contributed by atoms with E-state index in [4.69, 9.17) is 0 Å². The number of rotatable bonds is 6. The number of amides is 2. The monoisotopic (exact) mass is 514 g/mol. The molecule has 0 aromatic carbocycles. The maximum absolute atomic E-state index is 12.7. The van der Waals surface area contributed by atoms with Gasteiger partial charge < -0.3 is 10.6 Å². The van der Waals surface area contributed by atoms with E-state index in [1.807, 2.05) is 0 Å². The lowest BCUT2D eigenvalue weighted by molar-refractivity contribution is -0.140. The number of guanidine groups is 1. The number of hydrogen-bond acceptors (Lipinski definition) is 3. The fourth-order valence-corrected chi connectivity index (χ4v) is 5.85. The summed E-state index contributed by atoms with van der Waals surface area (Å²) in [7, 11) is 1.76. The minimum Gasteiger partial charge on any atom is -0.356 e. The molecule has 2 bridgehead atoms. The highest BCUT2D eigenvalue weighted by molar-refractivity contribution is 14.0. The van der Waals surface area contributed by atoms with Crippen LogP contribution in [0.1, 0.15) is 46.0 Å². The number of nitrogens with zero attached hydrogens (tertiary/aromatic N) is 2. The third-order valence-corrected chi connectivity index (χ3v) is 7.58. The number of carbonyl (C=O) groups is 2. The molecule has 4 rings (SSSR count). The van der Waals surface area contributed by atoms with Crippen LogP contribution in [-0.2, 0) is 9.59 Å². The number of allylic oxidation sites excluding steroid dienone is 2. The van der Waals surface area contributed by atoms with Crippen LogP contribution in [0.4, 0.5) is 0 Å². The number of hydrogen-bond donors (Lipinski definition) is 2. The molecule has 2 N–H and O–H groups in total. The molecule has 2 amide bonds. The second-order valence-corrected chi connectivity index (χ2v) is 9.65. The molecule has 0 aromatic heterocycles.